The first-order valence-electron chi connectivity index (χ1n) is 7.09. The van der Waals surface area contributed by atoms with Crippen LogP contribution in [0.1, 0.15) is 31.4 Å². The number of amides is 2. The lowest BCUT2D eigenvalue weighted by molar-refractivity contribution is -0.128. The lowest BCUT2D eigenvalue weighted by Gasteiger charge is -2.19. The van der Waals surface area contributed by atoms with Gasteiger partial charge in [-0.05, 0) is 43.5 Å². The Bertz CT molecular complexity index is 537. The van der Waals surface area contributed by atoms with Gasteiger partial charge < -0.3 is 10.2 Å². The van der Waals surface area contributed by atoms with Crippen molar-refractivity contribution in [1.29, 1.82) is 0 Å². The van der Waals surface area contributed by atoms with Gasteiger partial charge in [-0.25, -0.2) is 0 Å². The second-order valence-corrected chi connectivity index (χ2v) is 5.76. The highest BCUT2D eigenvalue weighted by atomic mass is 16.2. The average Bonchev–Trinajstić information content (AvgIpc) is 2.74. The number of nitrogens with one attached hydrogen (secondary N) is 1. The molecular formula is C16H22N2O2. The van der Waals surface area contributed by atoms with E-state index in [0.717, 1.165) is 5.69 Å². The van der Waals surface area contributed by atoms with Crippen molar-refractivity contribution in [3.8, 4) is 0 Å². The third-order valence-corrected chi connectivity index (χ3v) is 3.85. The van der Waals surface area contributed by atoms with Crippen LogP contribution in [0.3, 0.4) is 0 Å². The van der Waals surface area contributed by atoms with Gasteiger partial charge in [-0.1, -0.05) is 19.9 Å². The number of hydrogen-bond acceptors (Lipinski definition) is 2. The van der Waals surface area contributed by atoms with Crippen LogP contribution in [0.15, 0.2) is 18.2 Å². The number of carbonyl (C=O) groups excluding carboxylic acids is 2. The van der Waals surface area contributed by atoms with E-state index in [0.29, 0.717) is 13.0 Å². The van der Waals surface area contributed by atoms with Gasteiger partial charge in [-0.2, -0.15) is 0 Å². The number of anilines is 1. The summed E-state index contributed by atoms with van der Waals surface area (Å²) in [6.45, 7) is 8.41. The molecule has 1 aliphatic heterocycles. The zero-order chi connectivity index (χ0) is 14.9. The summed E-state index contributed by atoms with van der Waals surface area (Å²) in [7, 11) is 0. The SMILES string of the molecule is Cc1ccc(N2CCC(NC(=O)C(C)C)C2=O)cc1C. The first-order chi connectivity index (χ1) is 9.40. The van der Waals surface area contributed by atoms with Crippen LogP contribution in [0, 0.1) is 19.8 Å². The molecule has 4 nitrogen and oxygen atoms in total. The van der Waals surface area contributed by atoms with Crippen LogP contribution in [0.25, 0.3) is 0 Å². The predicted molar refractivity (Wildman–Crippen MR) is 79.7 cm³/mol. The molecule has 1 aromatic rings. The number of rotatable bonds is 3. The largest absolute Gasteiger partial charge is 0.344 e. The molecule has 1 unspecified atom stereocenters. The highest BCUT2D eigenvalue weighted by Gasteiger charge is 2.33. The lowest BCUT2D eigenvalue weighted by atomic mass is 10.1. The summed E-state index contributed by atoms with van der Waals surface area (Å²) >= 11 is 0. The summed E-state index contributed by atoms with van der Waals surface area (Å²) in [6, 6.07) is 5.64. The molecule has 1 heterocycles. The molecule has 2 amide bonds. The number of aryl methyl sites for hydroxylation is 2. The summed E-state index contributed by atoms with van der Waals surface area (Å²) < 4.78 is 0. The minimum absolute atomic E-state index is 0.0118. The third kappa shape index (κ3) is 2.84. The van der Waals surface area contributed by atoms with Crippen LogP contribution in [0.4, 0.5) is 5.69 Å². The highest BCUT2D eigenvalue weighted by Crippen LogP contribution is 2.24. The second-order valence-electron chi connectivity index (χ2n) is 5.76. The fourth-order valence-corrected chi connectivity index (χ4v) is 2.30. The molecule has 1 aromatic carbocycles. The normalized spacial score (nSPS) is 18.8. The molecule has 0 radical (unpaired) electrons. The molecule has 20 heavy (non-hydrogen) atoms. The first kappa shape index (κ1) is 14.6. The van der Waals surface area contributed by atoms with Crippen molar-refractivity contribution in [3.05, 3.63) is 29.3 Å². The molecule has 1 N–H and O–H groups in total. The van der Waals surface area contributed by atoms with E-state index in [-0.39, 0.29) is 23.8 Å². The zero-order valence-electron chi connectivity index (χ0n) is 12.6. The minimum atomic E-state index is -0.383. The summed E-state index contributed by atoms with van der Waals surface area (Å²) in [5, 5.41) is 2.82. The molecule has 2 rings (SSSR count). The van der Waals surface area contributed by atoms with Gasteiger partial charge in [0.05, 0.1) is 0 Å². The average molecular weight is 274 g/mol. The standard InChI is InChI=1S/C16H22N2O2/c1-10(2)15(19)17-14-7-8-18(16(14)20)13-6-5-11(3)12(4)9-13/h5-6,9-10,14H,7-8H2,1-4H3,(H,17,19). The van der Waals surface area contributed by atoms with Gasteiger partial charge in [0.2, 0.25) is 11.8 Å². The molecule has 1 saturated heterocycles. The summed E-state index contributed by atoms with van der Waals surface area (Å²) in [5.74, 6) is -0.175. The Morgan fingerprint density at radius 2 is 2.00 bits per heavy atom. The monoisotopic (exact) mass is 274 g/mol. The van der Waals surface area contributed by atoms with Gasteiger partial charge in [0.15, 0.2) is 0 Å². The number of nitrogens with zero attached hydrogens (tertiary/aromatic N) is 1. The van der Waals surface area contributed by atoms with E-state index in [1.54, 1.807) is 4.90 Å². The number of hydrogen-bond donors (Lipinski definition) is 1. The maximum atomic E-state index is 12.4. The maximum Gasteiger partial charge on any atom is 0.249 e. The van der Waals surface area contributed by atoms with Crippen molar-refractivity contribution in [1.82, 2.24) is 5.32 Å². The molecule has 1 aliphatic rings. The maximum absolute atomic E-state index is 12.4. The number of benzene rings is 1. The molecule has 0 saturated carbocycles. The van der Waals surface area contributed by atoms with Crippen molar-refractivity contribution in [2.75, 3.05) is 11.4 Å². The Labute approximate surface area is 120 Å². The van der Waals surface area contributed by atoms with E-state index in [1.165, 1.54) is 11.1 Å². The molecule has 0 spiro atoms. The Kier molecular flexibility index (Phi) is 4.12. The van der Waals surface area contributed by atoms with E-state index >= 15 is 0 Å². The van der Waals surface area contributed by atoms with E-state index < -0.39 is 0 Å². The van der Waals surface area contributed by atoms with Gasteiger partial charge in [-0.15, -0.1) is 0 Å². The van der Waals surface area contributed by atoms with Gasteiger partial charge >= 0.3 is 0 Å². The van der Waals surface area contributed by atoms with Crippen LogP contribution >= 0.6 is 0 Å². The Balaban J connectivity index is 2.11. The van der Waals surface area contributed by atoms with Crippen molar-refractivity contribution in [2.24, 2.45) is 5.92 Å². The summed E-state index contributed by atoms with van der Waals surface area (Å²) in [5.41, 5.74) is 3.30. The molecule has 0 aromatic heterocycles. The molecule has 1 atom stereocenters. The van der Waals surface area contributed by atoms with Crippen LogP contribution in [-0.2, 0) is 9.59 Å². The van der Waals surface area contributed by atoms with Crippen LogP contribution in [0.5, 0.6) is 0 Å². The fourth-order valence-electron chi connectivity index (χ4n) is 2.30. The topological polar surface area (TPSA) is 49.4 Å². The molecule has 4 heteroatoms. The molecular weight excluding hydrogens is 252 g/mol. The van der Waals surface area contributed by atoms with Gasteiger partial charge in [0.1, 0.15) is 6.04 Å². The van der Waals surface area contributed by atoms with Crippen LogP contribution < -0.4 is 10.2 Å². The Morgan fingerprint density at radius 1 is 1.30 bits per heavy atom. The quantitative estimate of drug-likeness (QED) is 0.918. The first-order valence-corrected chi connectivity index (χ1v) is 7.09. The van der Waals surface area contributed by atoms with Crippen molar-refractivity contribution < 1.29 is 9.59 Å². The van der Waals surface area contributed by atoms with Crippen molar-refractivity contribution in [3.63, 3.8) is 0 Å². The van der Waals surface area contributed by atoms with Crippen molar-refractivity contribution >= 4 is 17.5 Å². The molecule has 0 bridgehead atoms. The third-order valence-electron chi connectivity index (χ3n) is 3.85. The zero-order valence-corrected chi connectivity index (χ0v) is 12.6. The lowest BCUT2D eigenvalue weighted by Crippen LogP contribution is -2.43. The van der Waals surface area contributed by atoms with Gasteiger partial charge in [0, 0.05) is 18.2 Å². The Morgan fingerprint density at radius 3 is 2.60 bits per heavy atom. The van der Waals surface area contributed by atoms with Crippen LogP contribution in [-0.4, -0.2) is 24.4 Å². The van der Waals surface area contributed by atoms with E-state index in [1.807, 2.05) is 39.0 Å². The second kappa shape index (κ2) is 5.65. The van der Waals surface area contributed by atoms with E-state index in [2.05, 4.69) is 12.2 Å². The van der Waals surface area contributed by atoms with Gasteiger partial charge in [-0.3, -0.25) is 9.59 Å². The highest BCUT2D eigenvalue weighted by molar-refractivity contribution is 6.01. The van der Waals surface area contributed by atoms with Crippen molar-refractivity contribution in [2.45, 2.75) is 40.2 Å². The summed E-state index contributed by atoms with van der Waals surface area (Å²) in [6.07, 6.45) is 0.671. The fraction of sp³-hybridized carbons (Fsp3) is 0.500. The minimum Gasteiger partial charge on any atom is -0.344 e. The van der Waals surface area contributed by atoms with Crippen LogP contribution in [0.2, 0.25) is 0 Å². The molecule has 0 aliphatic carbocycles. The Hall–Kier alpha value is -1.84. The van der Waals surface area contributed by atoms with Gasteiger partial charge in [0.25, 0.3) is 0 Å². The summed E-state index contributed by atoms with van der Waals surface area (Å²) in [4.78, 5) is 25.8. The van der Waals surface area contributed by atoms with E-state index in [9.17, 15) is 9.59 Å². The van der Waals surface area contributed by atoms with E-state index in [4.69, 9.17) is 0 Å². The molecule has 108 valence electrons. The number of carbonyl (C=O) groups is 2. The molecule has 1 fully saturated rings. The predicted octanol–water partition coefficient (Wildman–Crippen LogP) is 2.18. The smallest absolute Gasteiger partial charge is 0.249 e.